The molecule has 29 heavy (non-hydrogen) atoms. The zero-order chi connectivity index (χ0) is 21.0. The number of carbonyl (C=O) groups excluding carboxylic acids is 2. The summed E-state index contributed by atoms with van der Waals surface area (Å²) in [6.45, 7) is 1.70. The van der Waals surface area contributed by atoms with Crippen LogP contribution in [0.3, 0.4) is 0 Å². The number of carbonyl (C=O) groups is 2. The van der Waals surface area contributed by atoms with Crippen LogP contribution < -0.4 is 9.80 Å². The molecule has 0 fully saturated rings. The number of fused-ring (bicyclic) bond motifs is 1. The predicted octanol–water partition coefficient (Wildman–Crippen LogP) is 2.93. The molecule has 0 aliphatic carbocycles. The third-order valence-corrected chi connectivity index (χ3v) is 4.87. The summed E-state index contributed by atoms with van der Waals surface area (Å²) in [5.74, 6) is -0.300. The Morgan fingerprint density at radius 1 is 1.10 bits per heavy atom. The smallest absolute Gasteiger partial charge is 0.269 e. The lowest BCUT2D eigenvalue weighted by Gasteiger charge is -2.26. The molecule has 0 saturated carbocycles. The first-order valence-corrected chi connectivity index (χ1v) is 9.49. The molecule has 152 valence electrons. The van der Waals surface area contributed by atoms with E-state index in [1.165, 1.54) is 24.3 Å². The van der Waals surface area contributed by atoms with Crippen LogP contribution >= 0.6 is 0 Å². The second kappa shape index (κ2) is 8.83. The normalized spacial score (nSPS) is 14.0. The average Bonchev–Trinajstić information content (AvgIpc) is 2.84. The number of hydrogen-bond acceptors (Lipinski definition) is 5. The first-order chi connectivity index (χ1) is 13.9. The van der Waals surface area contributed by atoms with E-state index in [0.29, 0.717) is 23.5 Å². The van der Waals surface area contributed by atoms with Gasteiger partial charge in [0.1, 0.15) is 0 Å². The highest BCUT2D eigenvalue weighted by atomic mass is 16.6. The number of benzene rings is 2. The van der Waals surface area contributed by atoms with E-state index >= 15 is 0 Å². The zero-order valence-electron chi connectivity index (χ0n) is 16.6. The number of amides is 2. The van der Waals surface area contributed by atoms with E-state index in [9.17, 15) is 19.7 Å². The number of nitro benzene ring substituents is 1. The van der Waals surface area contributed by atoms with E-state index in [4.69, 9.17) is 0 Å². The maximum absolute atomic E-state index is 13.1. The summed E-state index contributed by atoms with van der Waals surface area (Å²) in [6.07, 6.45) is 1.04. The highest BCUT2D eigenvalue weighted by molar-refractivity contribution is 6.11. The van der Waals surface area contributed by atoms with Gasteiger partial charge in [0.2, 0.25) is 5.91 Å². The number of para-hydroxylation sites is 2. The summed E-state index contributed by atoms with van der Waals surface area (Å²) >= 11 is 0. The largest absolute Gasteiger partial charge is 0.310 e. The second-order valence-corrected chi connectivity index (χ2v) is 7.20. The standard InChI is InChI=1S/C21H24N4O4/c1-22(2)13-5-14-23-18-6-3-4-7-19(18)24(15-12-20(23)26)21(27)16-8-10-17(11-9-16)25(28)29/h3-4,6-11H,5,12-15H2,1-2H3. The van der Waals surface area contributed by atoms with E-state index in [0.717, 1.165) is 13.0 Å². The van der Waals surface area contributed by atoms with Crippen molar-refractivity contribution in [2.75, 3.05) is 43.5 Å². The molecule has 3 rings (SSSR count). The van der Waals surface area contributed by atoms with Gasteiger partial charge in [-0.2, -0.15) is 0 Å². The van der Waals surface area contributed by atoms with Gasteiger partial charge in [0, 0.05) is 37.2 Å². The number of nitro groups is 1. The molecule has 0 saturated heterocycles. The van der Waals surface area contributed by atoms with Gasteiger partial charge >= 0.3 is 0 Å². The summed E-state index contributed by atoms with van der Waals surface area (Å²) < 4.78 is 0. The molecule has 0 aromatic heterocycles. The molecule has 1 heterocycles. The Kier molecular flexibility index (Phi) is 6.23. The van der Waals surface area contributed by atoms with Crippen molar-refractivity contribution >= 4 is 28.9 Å². The van der Waals surface area contributed by atoms with Crippen molar-refractivity contribution in [3.63, 3.8) is 0 Å². The van der Waals surface area contributed by atoms with Gasteiger partial charge in [-0.15, -0.1) is 0 Å². The summed E-state index contributed by atoms with van der Waals surface area (Å²) in [4.78, 5) is 41.7. The van der Waals surface area contributed by atoms with Crippen LogP contribution in [0.5, 0.6) is 0 Å². The molecular formula is C21H24N4O4. The highest BCUT2D eigenvalue weighted by Crippen LogP contribution is 2.33. The summed E-state index contributed by atoms with van der Waals surface area (Å²) in [5, 5.41) is 10.9. The minimum absolute atomic E-state index is 0.0183. The van der Waals surface area contributed by atoms with Gasteiger partial charge in [0.05, 0.1) is 16.3 Å². The maximum Gasteiger partial charge on any atom is 0.269 e. The van der Waals surface area contributed by atoms with Crippen molar-refractivity contribution in [2.45, 2.75) is 12.8 Å². The van der Waals surface area contributed by atoms with Crippen LogP contribution in [-0.2, 0) is 4.79 Å². The van der Waals surface area contributed by atoms with Gasteiger partial charge in [-0.25, -0.2) is 0 Å². The van der Waals surface area contributed by atoms with Crippen LogP contribution in [0, 0.1) is 10.1 Å². The van der Waals surface area contributed by atoms with Crippen molar-refractivity contribution < 1.29 is 14.5 Å². The van der Waals surface area contributed by atoms with Gasteiger partial charge < -0.3 is 14.7 Å². The molecule has 0 atom stereocenters. The highest BCUT2D eigenvalue weighted by Gasteiger charge is 2.29. The average molecular weight is 396 g/mol. The Hall–Kier alpha value is -3.26. The fraction of sp³-hybridized carbons (Fsp3) is 0.333. The van der Waals surface area contributed by atoms with Crippen molar-refractivity contribution in [2.24, 2.45) is 0 Å². The fourth-order valence-corrected chi connectivity index (χ4v) is 3.40. The Labute approximate surface area is 169 Å². The van der Waals surface area contributed by atoms with Crippen LogP contribution in [0.2, 0.25) is 0 Å². The molecule has 0 bridgehead atoms. The Bertz CT molecular complexity index is 911. The molecule has 1 aliphatic heterocycles. The fourth-order valence-electron chi connectivity index (χ4n) is 3.40. The van der Waals surface area contributed by atoms with E-state index in [1.54, 1.807) is 9.80 Å². The van der Waals surface area contributed by atoms with E-state index in [2.05, 4.69) is 4.90 Å². The predicted molar refractivity (Wildman–Crippen MR) is 111 cm³/mol. The quantitative estimate of drug-likeness (QED) is 0.553. The number of hydrogen-bond donors (Lipinski definition) is 0. The molecule has 8 nitrogen and oxygen atoms in total. The van der Waals surface area contributed by atoms with Crippen LogP contribution in [0.1, 0.15) is 23.2 Å². The number of anilines is 2. The summed E-state index contributed by atoms with van der Waals surface area (Å²) in [6, 6.07) is 12.9. The van der Waals surface area contributed by atoms with Gasteiger partial charge in [0.25, 0.3) is 11.6 Å². The van der Waals surface area contributed by atoms with E-state index in [1.807, 2.05) is 38.4 Å². The molecular weight excluding hydrogens is 372 g/mol. The summed E-state index contributed by atoms with van der Waals surface area (Å²) in [5.41, 5.74) is 1.66. The molecule has 0 N–H and O–H groups in total. The lowest BCUT2D eigenvalue weighted by Crippen LogP contribution is -2.33. The molecule has 0 radical (unpaired) electrons. The number of rotatable bonds is 6. The van der Waals surface area contributed by atoms with Crippen LogP contribution in [0.25, 0.3) is 0 Å². The van der Waals surface area contributed by atoms with Crippen LogP contribution in [0.15, 0.2) is 48.5 Å². The van der Waals surface area contributed by atoms with E-state index in [-0.39, 0.29) is 30.5 Å². The molecule has 2 amide bonds. The maximum atomic E-state index is 13.1. The molecule has 2 aromatic rings. The molecule has 0 spiro atoms. The summed E-state index contributed by atoms with van der Waals surface area (Å²) in [7, 11) is 3.98. The van der Waals surface area contributed by atoms with Crippen molar-refractivity contribution in [1.82, 2.24) is 4.90 Å². The molecule has 1 aliphatic rings. The van der Waals surface area contributed by atoms with Gasteiger partial charge in [-0.05, 0) is 51.3 Å². The minimum Gasteiger partial charge on any atom is -0.310 e. The van der Waals surface area contributed by atoms with Gasteiger partial charge in [-0.1, -0.05) is 12.1 Å². The zero-order valence-corrected chi connectivity index (χ0v) is 16.6. The van der Waals surface area contributed by atoms with Crippen molar-refractivity contribution in [3.8, 4) is 0 Å². The monoisotopic (exact) mass is 396 g/mol. The number of nitrogens with zero attached hydrogens (tertiary/aromatic N) is 4. The Morgan fingerprint density at radius 2 is 1.76 bits per heavy atom. The SMILES string of the molecule is CN(C)CCCN1C(=O)CCN(C(=O)c2ccc([N+](=O)[O-])cc2)c2ccccc21. The van der Waals surface area contributed by atoms with Crippen LogP contribution in [-0.4, -0.2) is 55.4 Å². The van der Waals surface area contributed by atoms with E-state index < -0.39 is 4.92 Å². The lowest BCUT2D eigenvalue weighted by molar-refractivity contribution is -0.384. The molecule has 2 aromatic carbocycles. The first-order valence-electron chi connectivity index (χ1n) is 9.49. The minimum atomic E-state index is -0.500. The van der Waals surface area contributed by atoms with Crippen molar-refractivity contribution in [3.05, 3.63) is 64.2 Å². The Morgan fingerprint density at radius 3 is 2.38 bits per heavy atom. The second-order valence-electron chi connectivity index (χ2n) is 7.20. The van der Waals surface area contributed by atoms with Crippen molar-refractivity contribution in [1.29, 1.82) is 0 Å². The number of non-ortho nitro benzene ring substituents is 1. The molecule has 0 unspecified atom stereocenters. The third kappa shape index (κ3) is 4.60. The van der Waals surface area contributed by atoms with Gasteiger partial charge in [-0.3, -0.25) is 19.7 Å². The molecule has 8 heteroatoms. The topological polar surface area (TPSA) is 87.0 Å². The third-order valence-electron chi connectivity index (χ3n) is 4.87. The van der Waals surface area contributed by atoms with Gasteiger partial charge in [0.15, 0.2) is 0 Å². The first kappa shape index (κ1) is 20.5. The Balaban J connectivity index is 1.90. The van der Waals surface area contributed by atoms with Crippen LogP contribution in [0.4, 0.5) is 17.1 Å². The lowest BCUT2D eigenvalue weighted by atomic mass is 10.1.